The van der Waals surface area contributed by atoms with Crippen molar-refractivity contribution in [1.82, 2.24) is 4.90 Å². The van der Waals surface area contributed by atoms with Crippen LogP contribution in [0.2, 0.25) is 10.0 Å². The van der Waals surface area contributed by atoms with Gasteiger partial charge in [0.1, 0.15) is 17.3 Å². The van der Waals surface area contributed by atoms with Crippen molar-refractivity contribution in [3.05, 3.63) is 57.6 Å². The van der Waals surface area contributed by atoms with E-state index in [2.05, 4.69) is 0 Å². The molecule has 9 heteroatoms. The van der Waals surface area contributed by atoms with E-state index in [1.165, 1.54) is 0 Å². The number of nitrogens with two attached hydrogens (primary N) is 1. The summed E-state index contributed by atoms with van der Waals surface area (Å²) in [6.45, 7) is 8.96. The van der Waals surface area contributed by atoms with Crippen LogP contribution in [0.5, 0.6) is 11.5 Å². The zero-order chi connectivity index (χ0) is 24.5. The third-order valence-electron chi connectivity index (χ3n) is 5.07. The Morgan fingerprint density at radius 3 is 1.82 bits per heavy atom. The molecular weight excluding hydrogens is 497 g/mol. The Bertz CT molecular complexity index is 919. The van der Waals surface area contributed by atoms with Crippen LogP contribution in [0.15, 0.2) is 36.4 Å². The van der Waals surface area contributed by atoms with Gasteiger partial charge in [0.05, 0.1) is 28.8 Å². The fourth-order valence-electron chi connectivity index (χ4n) is 3.52. The lowest BCUT2D eigenvalue weighted by molar-refractivity contribution is 0.0644. The number of nitrogens with zero attached hydrogens (tertiary/aromatic N) is 1. The van der Waals surface area contributed by atoms with Gasteiger partial charge in [-0.15, -0.1) is 12.4 Å². The van der Waals surface area contributed by atoms with Crippen LogP contribution in [0.4, 0.5) is 0 Å². The van der Waals surface area contributed by atoms with Gasteiger partial charge in [0, 0.05) is 17.6 Å². The van der Waals surface area contributed by atoms with Gasteiger partial charge in [-0.25, -0.2) is 0 Å². The maximum Gasteiger partial charge on any atom is 0.257 e. The predicted molar refractivity (Wildman–Crippen MR) is 142 cm³/mol. The summed E-state index contributed by atoms with van der Waals surface area (Å²) >= 11 is 12.8. The van der Waals surface area contributed by atoms with Gasteiger partial charge in [0.25, 0.3) is 5.91 Å². The van der Waals surface area contributed by atoms with Crippen LogP contribution < -0.4 is 15.2 Å². The molecule has 6 nitrogen and oxygen atoms in total. The SMILES string of the molecule is CC(C)N(C(=O)c1c(Cl)cc(OCCCCCOc2ccc(C(=N)N)cc2)cc1Cl)C(C)C.Cl. The number of unbranched alkanes of at least 4 members (excludes halogenated alkanes) is 2. The van der Waals surface area contributed by atoms with Gasteiger partial charge in [-0.1, -0.05) is 23.2 Å². The molecule has 3 N–H and O–H groups in total. The molecule has 0 saturated heterocycles. The molecule has 2 rings (SSSR count). The van der Waals surface area contributed by atoms with Gasteiger partial charge in [0.2, 0.25) is 0 Å². The van der Waals surface area contributed by atoms with Gasteiger partial charge in [-0.05, 0) is 83.4 Å². The quantitative estimate of drug-likeness (QED) is 0.184. The van der Waals surface area contributed by atoms with Gasteiger partial charge >= 0.3 is 0 Å². The molecule has 0 atom stereocenters. The highest BCUT2D eigenvalue weighted by atomic mass is 35.5. The second kappa shape index (κ2) is 14.3. The van der Waals surface area contributed by atoms with E-state index in [1.807, 2.05) is 39.8 Å². The topological polar surface area (TPSA) is 88.6 Å². The van der Waals surface area contributed by atoms with Crippen LogP contribution in [-0.4, -0.2) is 41.9 Å². The minimum absolute atomic E-state index is 0. The third-order valence-corrected chi connectivity index (χ3v) is 5.66. The molecule has 2 aromatic carbocycles. The Kier molecular flexibility index (Phi) is 12.6. The molecule has 1 amide bonds. The maximum absolute atomic E-state index is 13.0. The van der Waals surface area contributed by atoms with Gasteiger partial charge in [-0.2, -0.15) is 0 Å². The van der Waals surface area contributed by atoms with Crippen molar-refractivity contribution in [3.8, 4) is 11.5 Å². The Balaban J connectivity index is 0.00000578. The van der Waals surface area contributed by atoms with Crippen molar-refractivity contribution in [2.75, 3.05) is 13.2 Å². The monoisotopic (exact) mass is 529 g/mol. The fraction of sp³-hybridized carbons (Fsp3) is 0.440. The molecule has 0 unspecified atom stereocenters. The van der Waals surface area contributed by atoms with Crippen LogP contribution in [0.1, 0.15) is 62.9 Å². The van der Waals surface area contributed by atoms with E-state index in [9.17, 15) is 4.79 Å². The average Bonchev–Trinajstić information content (AvgIpc) is 2.72. The number of rotatable bonds is 12. The lowest BCUT2D eigenvalue weighted by Crippen LogP contribution is -2.42. The lowest BCUT2D eigenvalue weighted by Gasteiger charge is -2.31. The summed E-state index contributed by atoms with van der Waals surface area (Å²) in [4.78, 5) is 14.7. The number of amidine groups is 1. The van der Waals surface area contributed by atoms with E-state index in [0.29, 0.717) is 30.1 Å². The molecule has 0 saturated carbocycles. The molecule has 0 aliphatic heterocycles. The molecule has 0 spiro atoms. The number of nitrogens with one attached hydrogen (secondary N) is 1. The van der Waals surface area contributed by atoms with Gasteiger partial charge in [0.15, 0.2) is 0 Å². The van der Waals surface area contributed by atoms with Crippen molar-refractivity contribution >= 4 is 47.4 Å². The van der Waals surface area contributed by atoms with Crippen LogP contribution in [0.25, 0.3) is 0 Å². The zero-order valence-electron chi connectivity index (χ0n) is 20.1. The molecule has 0 bridgehead atoms. The van der Waals surface area contributed by atoms with Crippen LogP contribution in [-0.2, 0) is 0 Å². The summed E-state index contributed by atoms with van der Waals surface area (Å²) in [6.07, 6.45) is 2.66. The highest BCUT2D eigenvalue weighted by molar-refractivity contribution is 6.39. The van der Waals surface area contributed by atoms with Crippen molar-refractivity contribution in [3.63, 3.8) is 0 Å². The summed E-state index contributed by atoms with van der Waals surface area (Å²) < 4.78 is 11.5. The van der Waals surface area contributed by atoms with Gasteiger partial charge < -0.3 is 20.1 Å². The molecule has 188 valence electrons. The first-order valence-electron chi connectivity index (χ1n) is 11.1. The van der Waals surface area contributed by atoms with Crippen molar-refractivity contribution in [2.24, 2.45) is 5.73 Å². The van der Waals surface area contributed by atoms with E-state index in [1.54, 1.807) is 29.2 Å². The van der Waals surface area contributed by atoms with Gasteiger partial charge in [-0.3, -0.25) is 10.2 Å². The van der Waals surface area contributed by atoms with E-state index in [4.69, 9.17) is 43.8 Å². The first-order valence-corrected chi connectivity index (χ1v) is 11.9. The number of hydrogen-bond donors (Lipinski definition) is 2. The zero-order valence-corrected chi connectivity index (χ0v) is 22.4. The second-order valence-corrected chi connectivity index (χ2v) is 9.17. The first kappa shape index (κ1) is 29.9. The van der Waals surface area contributed by atoms with Crippen LogP contribution in [0, 0.1) is 5.41 Å². The minimum Gasteiger partial charge on any atom is -0.494 e. The molecule has 0 fully saturated rings. The summed E-state index contributed by atoms with van der Waals surface area (Å²) in [5.41, 5.74) is 6.43. The number of hydrogen-bond acceptors (Lipinski definition) is 4. The third kappa shape index (κ3) is 8.57. The number of halogens is 3. The molecule has 2 aromatic rings. The van der Waals surface area contributed by atoms with Crippen molar-refractivity contribution in [1.29, 1.82) is 5.41 Å². The number of carbonyl (C=O) groups is 1. The van der Waals surface area contributed by atoms with E-state index in [0.717, 1.165) is 25.0 Å². The molecule has 0 aromatic heterocycles. The molecule has 0 heterocycles. The van der Waals surface area contributed by atoms with Crippen molar-refractivity contribution < 1.29 is 14.3 Å². The minimum atomic E-state index is -0.183. The van der Waals surface area contributed by atoms with Crippen LogP contribution >= 0.6 is 35.6 Å². The number of benzene rings is 2. The second-order valence-electron chi connectivity index (χ2n) is 8.36. The Labute approximate surface area is 218 Å². The standard InChI is InChI=1S/C25H33Cl2N3O3.ClH/c1-16(2)30(17(3)4)25(31)23-21(26)14-20(15-22(23)27)33-13-7-5-6-12-32-19-10-8-18(9-11-19)24(28)29;/h8-11,14-17H,5-7,12-13H2,1-4H3,(H3,28,29);1H. The average molecular weight is 531 g/mol. The Hall–Kier alpha value is -2.15. The lowest BCUT2D eigenvalue weighted by atomic mass is 10.1. The molecular formula is C25H34Cl3N3O3. The van der Waals surface area contributed by atoms with Crippen molar-refractivity contribution in [2.45, 2.75) is 59.0 Å². The Morgan fingerprint density at radius 2 is 1.38 bits per heavy atom. The summed E-state index contributed by atoms with van der Waals surface area (Å²) in [5, 5.41) is 7.97. The maximum atomic E-state index is 13.0. The Morgan fingerprint density at radius 1 is 0.912 bits per heavy atom. The first-order chi connectivity index (χ1) is 15.6. The predicted octanol–water partition coefficient (Wildman–Crippen LogP) is 6.59. The summed E-state index contributed by atoms with van der Waals surface area (Å²) in [7, 11) is 0. The summed E-state index contributed by atoms with van der Waals surface area (Å²) in [6, 6.07) is 10.5. The number of carbonyl (C=O) groups excluding carboxylic acids is 1. The molecule has 0 aliphatic rings. The summed E-state index contributed by atoms with van der Waals surface area (Å²) in [5.74, 6) is 1.16. The van der Waals surface area contributed by atoms with E-state index >= 15 is 0 Å². The smallest absolute Gasteiger partial charge is 0.257 e. The normalized spacial score (nSPS) is 10.7. The number of amides is 1. The molecule has 0 aliphatic carbocycles. The van der Waals surface area contributed by atoms with E-state index in [-0.39, 0.29) is 46.3 Å². The molecule has 0 radical (unpaired) electrons. The highest BCUT2D eigenvalue weighted by Gasteiger charge is 2.26. The number of ether oxygens (including phenoxy) is 2. The van der Waals surface area contributed by atoms with E-state index < -0.39 is 0 Å². The molecule has 34 heavy (non-hydrogen) atoms. The highest BCUT2D eigenvalue weighted by Crippen LogP contribution is 2.32. The fourth-order valence-corrected chi connectivity index (χ4v) is 4.15. The van der Waals surface area contributed by atoms with Crippen LogP contribution in [0.3, 0.4) is 0 Å². The number of nitrogen functional groups attached to an aromatic ring is 1. The largest absolute Gasteiger partial charge is 0.494 e.